The SMILES string of the molecule is CCNC(=NCCC(=O)N(C)Cc1ccccc1)NC(C)Cc1c(C)nn(C)c1C.I. The van der Waals surface area contributed by atoms with Gasteiger partial charge in [0, 0.05) is 45.3 Å². The number of halogens is 1. The molecular weight excluding hydrogens is 503 g/mol. The van der Waals surface area contributed by atoms with Crippen molar-refractivity contribution in [2.24, 2.45) is 12.0 Å². The molecule has 8 heteroatoms. The standard InChI is InChI=1S/C23H36N6O.HI/c1-7-24-23(26-17(2)15-21-18(3)27-29(6)19(21)4)25-14-13-22(30)28(5)16-20-11-9-8-10-12-20;/h8-12,17H,7,13-16H2,1-6H3,(H2,24,25,26);1H. The van der Waals surface area contributed by atoms with E-state index in [1.165, 1.54) is 11.3 Å². The van der Waals surface area contributed by atoms with E-state index in [0.717, 1.165) is 30.2 Å². The van der Waals surface area contributed by atoms with E-state index in [2.05, 4.69) is 34.6 Å². The van der Waals surface area contributed by atoms with Gasteiger partial charge in [0.2, 0.25) is 5.91 Å². The van der Waals surface area contributed by atoms with Crippen LogP contribution in [0.3, 0.4) is 0 Å². The maximum atomic E-state index is 12.4. The van der Waals surface area contributed by atoms with Gasteiger partial charge in [0.1, 0.15) is 0 Å². The molecule has 1 aromatic carbocycles. The summed E-state index contributed by atoms with van der Waals surface area (Å²) in [5, 5.41) is 11.2. The first-order valence-electron chi connectivity index (χ1n) is 10.6. The highest BCUT2D eigenvalue weighted by Gasteiger charge is 2.14. The Kier molecular flexibility index (Phi) is 11.6. The molecule has 1 heterocycles. The van der Waals surface area contributed by atoms with Gasteiger partial charge < -0.3 is 15.5 Å². The maximum Gasteiger partial charge on any atom is 0.224 e. The van der Waals surface area contributed by atoms with E-state index in [0.29, 0.717) is 19.5 Å². The van der Waals surface area contributed by atoms with Crippen LogP contribution in [0.5, 0.6) is 0 Å². The summed E-state index contributed by atoms with van der Waals surface area (Å²) in [4.78, 5) is 18.8. The zero-order valence-corrected chi connectivity index (χ0v) is 21.9. The quantitative estimate of drug-likeness (QED) is 0.291. The van der Waals surface area contributed by atoms with Crippen molar-refractivity contribution in [3.05, 3.63) is 52.8 Å². The average molecular weight is 540 g/mol. The smallest absolute Gasteiger partial charge is 0.224 e. The molecule has 0 aliphatic heterocycles. The fraction of sp³-hybridized carbons (Fsp3) is 0.522. The predicted molar refractivity (Wildman–Crippen MR) is 138 cm³/mol. The first kappa shape index (κ1) is 26.9. The Balaban J connectivity index is 0.00000480. The molecule has 0 saturated carbocycles. The third-order valence-electron chi connectivity index (χ3n) is 5.18. The molecule has 1 unspecified atom stereocenters. The molecule has 1 aromatic heterocycles. The number of amides is 1. The zero-order chi connectivity index (χ0) is 22.1. The number of rotatable bonds is 9. The summed E-state index contributed by atoms with van der Waals surface area (Å²) >= 11 is 0. The number of aromatic nitrogens is 2. The van der Waals surface area contributed by atoms with Gasteiger partial charge in [-0.3, -0.25) is 14.5 Å². The summed E-state index contributed by atoms with van der Waals surface area (Å²) in [5.41, 5.74) is 4.65. The number of carbonyl (C=O) groups excluding carboxylic acids is 1. The largest absolute Gasteiger partial charge is 0.357 e. The summed E-state index contributed by atoms with van der Waals surface area (Å²) in [5.74, 6) is 0.829. The summed E-state index contributed by atoms with van der Waals surface area (Å²) in [7, 11) is 3.81. The van der Waals surface area contributed by atoms with Crippen LogP contribution in [0.4, 0.5) is 0 Å². The van der Waals surface area contributed by atoms with Crippen molar-refractivity contribution in [3.8, 4) is 0 Å². The Morgan fingerprint density at radius 2 is 1.94 bits per heavy atom. The molecule has 7 nitrogen and oxygen atoms in total. The molecular formula is C23H37IN6O. The van der Waals surface area contributed by atoms with Gasteiger partial charge in [0.25, 0.3) is 0 Å². The lowest BCUT2D eigenvalue weighted by Gasteiger charge is -2.19. The predicted octanol–water partition coefficient (Wildman–Crippen LogP) is 3.19. The fourth-order valence-corrected chi connectivity index (χ4v) is 3.42. The first-order chi connectivity index (χ1) is 14.3. The summed E-state index contributed by atoms with van der Waals surface area (Å²) in [6.07, 6.45) is 1.25. The molecule has 0 bridgehead atoms. The molecule has 0 aliphatic carbocycles. The minimum absolute atomic E-state index is 0. The van der Waals surface area contributed by atoms with E-state index in [9.17, 15) is 4.79 Å². The van der Waals surface area contributed by atoms with Crippen molar-refractivity contribution in [1.82, 2.24) is 25.3 Å². The summed E-state index contributed by atoms with van der Waals surface area (Å²) in [6.45, 7) is 10.2. The number of guanidine groups is 1. The van der Waals surface area contributed by atoms with Crippen LogP contribution in [-0.2, 0) is 24.8 Å². The van der Waals surface area contributed by atoms with Crippen molar-refractivity contribution in [3.63, 3.8) is 0 Å². The monoisotopic (exact) mass is 540 g/mol. The van der Waals surface area contributed by atoms with Crippen LogP contribution in [0.15, 0.2) is 35.3 Å². The molecule has 2 N–H and O–H groups in total. The lowest BCUT2D eigenvalue weighted by Crippen LogP contribution is -2.43. The van der Waals surface area contributed by atoms with Crippen LogP contribution in [0.25, 0.3) is 0 Å². The van der Waals surface area contributed by atoms with E-state index in [1.807, 2.05) is 63.0 Å². The van der Waals surface area contributed by atoms with Crippen LogP contribution >= 0.6 is 24.0 Å². The van der Waals surface area contributed by atoms with Crippen LogP contribution in [0, 0.1) is 13.8 Å². The van der Waals surface area contributed by atoms with Crippen molar-refractivity contribution in [2.45, 2.75) is 53.1 Å². The Morgan fingerprint density at radius 3 is 2.52 bits per heavy atom. The average Bonchev–Trinajstić information content (AvgIpc) is 2.94. The molecule has 0 aliphatic rings. The van der Waals surface area contributed by atoms with Gasteiger partial charge in [-0.2, -0.15) is 5.10 Å². The highest BCUT2D eigenvalue weighted by Crippen LogP contribution is 2.14. The van der Waals surface area contributed by atoms with E-state index >= 15 is 0 Å². The molecule has 0 saturated heterocycles. The number of nitrogens with zero attached hydrogens (tertiary/aromatic N) is 4. The van der Waals surface area contributed by atoms with Gasteiger partial charge in [0.05, 0.1) is 12.2 Å². The topological polar surface area (TPSA) is 74.6 Å². The highest BCUT2D eigenvalue weighted by molar-refractivity contribution is 14.0. The molecule has 31 heavy (non-hydrogen) atoms. The van der Waals surface area contributed by atoms with Gasteiger partial charge in [-0.05, 0) is 45.2 Å². The van der Waals surface area contributed by atoms with E-state index in [4.69, 9.17) is 0 Å². The number of aryl methyl sites for hydroxylation is 2. The maximum absolute atomic E-state index is 12.4. The second kappa shape index (κ2) is 13.3. The van der Waals surface area contributed by atoms with Gasteiger partial charge in [-0.15, -0.1) is 24.0 Å². The van der Waals surface area contributed by atoms with Crippen LogP contribution in [-0.4, -0.2) is 52.7 Å². The van der Waals surface area contributed by atoms with Gasteiger partial charge in [-0.1, -0.05) is 30.3 Å². The van der Waals surface area contributed by atoms with Gasteiger partial charge in [0.15, 0.2) is 5.96 Å². The van der Waals surface area contributed by atoms with Crippen LogP contribution < -0.4 is 10.6 Å². The number of carbonyl (C=O) groups is 1. The van der Waals surface area contributed by atoms with Gasteiger partial charge >= 0.3 is 0 Å². The molecule has 0 spiro atoms. The number of aliphatic imine (C=N–C) groups is 1. The van der Waals surface area contributed by atoms with E-state index in [-0.39, 0.29) is 35.9 Å². The molecule has 1 atom stereocenters. The Labute approximate surface area is 203 Å². The van der Waals surface area contributed by atoms with Crippen molar-refractivity contribution < 1.29 is 4.79 Å². The molecule has 2 rings (SSSR count). The normalized spacial score (nSPS) is 12.1. The summed E-state index contributed by atoms with van der Waals surface area (Å²) < 4.78 is 1.92. The number of hydrogen-bond acceptors (Lipinski definition) is 3. The number of hydrogen-bond donors (Lipinski definition) is 2. The lowest BCUT2D eigenvalue weighted by molar-refractivity contribution is -0.130. The van der Waals surface area contributed by atoms with Crippen molar-refractivity contribution in [1.29, 1.82) is 0 Å². The Morgan fingerprint density at radius 1 is 1.26 bits per heavy atom. The number of nitrogens with one attached hydrogen (secondary N) is 2. The third kappa shape index (κ3) is 8.51. The summed E-state index contributed by atoms with van der Waals surface area (Å²) in [6, 6.07) is 10.2. The molecule has 0 radical (unpaired) electrons. The minimum Gasteiger partial charge on any atom is -0.357 e. The van der Waals surface area contributed by atoms with Crippen LogP contribution in [0.2, 0.25) is 0 Å². The highest BCUT2D eigenvalue weighted by atomic mass is 127. The molecule has 1 amide bonds. The third-order valence-corrected chi connectivity index (χ3v) is 5.18. The Hall–Kier alpha value is -2.10. The molecule has 0 fully saturated rings. The second-order valence-electron chi connectivity index (χ2n) is 7.77. The van der Waals surface area contributed by atoms with Crippen LogP contribution in [0.1, 0.15) is 42.8 Å². The number of benzene rings is 1. The first-order valence-corrected chi connectivity index (χ1v) is 10.6. The minimum atomic E-state index is 0. The Bertz CT molecular complexity index is 849. The van der Waals surface area contributed by atoms with Crippen molar-refractivity contribution in [2.75, 3.05) is 20.1 Å². The zero-order valence-electron chi connectivity index (χ0n) is 19.6. The second-order valence-corrected chi connectivity index (χ2v) is 7.77. The lowest BCUT2D eigenvalue weighted by atomic mass is 10.1. The van der Waals surface area contributed by atoms with E-state index < -0.39 is 0 Å². The van der Waals surface area contributed by atoms with Crippen molar-refractivity contribution >= 4 is 35.8 Å². The molecule has 172 valence electrons. The fourth-order valence-electron chi connectivity index (χ4n) is 3.42. The van der Waals surface area contributed by atoms with E-state index in [1.54, 1.807) is 4.90 Å². The molecule has 2 aromatic rings. The van der Waals surface area contributed by atoms with Gasteiger partial charge in [-0.25, -0.2) is 0 Å².